The molecule has 2 aromatic heterocycles. The van der Waals surface area contributed by atoms with Crippen LogP contribution in [0.3, 0.4) is 0 Å². The van der Waals surface area contributed by atoms with Gasteiger partial charge in [-0.2, -0.15) is 5.10 Å². The third-order valence-electron chi connectivity index (χ3n) is 5.03. The maximum atomic E-state index is 12.9. The average Bonchev–Trinajstić information content (AvgIpc) is 3.08. The number of para-hydroxylation sites is 1. The van der Waals surface area contributed by atoms with E-state index in [9.17, 15) is 9.59 Å². The highest BCUT2D eigenvalue weighted by atomic mass is 32.1. The molecule has 0 fully saturated rings. The average molecular weight is 420 g/mol. The quantitative estimate of drug-likeness (QED) is 0.482. The normalized spacial score (nSPS) is 11.0. The lowest BCUT2D eigenvalue weighted by molar-refractivity contribution is 0.0954. The third-order valence-corrected chi connectivity index (χ3v) is 5.40. The van der Waals surface area contributed by atoms with Gasteiger partial charge in [-0.05, 0) is 31.3 Å². The van der Waals surface area contributed by atoms with Crippen LogP contribution in [0.15, 0.2) is 57.7 Å². The van der Waals surface area contributed by atoms with Crippen LogP contribution in [0, 0.1) is 11.7 Å². The molecule has 0 aliphatic heterocycles. The Bertz CT molecular complexity index is 1350. The van der Waals surface area contributed by atoms with Crippen molar-refractivity contribution in [2.24, 2.45) is 7.05 Å². The summed E-state index contributed by atoms with van der Waals surface area (Å²) in [6.45, 7) is 2.10. The summed E-state index contributed by atoms with van der Waals surface area (Å²) in [6, 6.07) is 14.4. The highest BCUT2D eigenvalue weighted by Crippen LogP contribution is 2.27. The Balaban J connectivity index is 1.67. The van der Waals surface area contributed by atoms with Gasteiger partial charge in [-0.1, -0.05) is 36.4 Å². The third kappa shape index (κ3) is 3.57. The van der Waals surface area contributed by atoms with E-state index in [1.165, 1.54) is 0 Å². The van der Waals surface area contributed by atoms with Gasteiger partial charge in [0.25, 0.3) is 5.91 Å². The van der Waals surface area contributed by atoms with Gasteiger partial charge in [0.05, 0.1) is 10.9 Å². The predicted molar refractivity (Wildman–Crippen MR) is 117 cm³/mol. The fourth-order valence-corrected chi connectivity index (χ4v) is 3.49. The van der Waals surface area contributed by atoms with Gasteiger partial charge < -0.3 is 14.3 Å². The Morgan fingerprint density at radius 1 is 1.20 bits per heavy atom. The number of carbonyl (C=O) groups is 1. The number of H-pyrrole nitrogens is 1. The zero-order valence-electron chi connectivity index (χ0n) is 16.6. The molecule has 0 bridgehead atoms. The lowest BCUT2D eigenvalue weighted by atomic mass is 10.0. The molecule has 7 nitrogen and oxygen atoms in total. The van der Waals surface area contributed by atoms with Crippen molar-refractivity contribution >= 4 is 29.1 Å². The molecule has 1 amide bonds. The van der Waals surface area contributed by atoms with Crippen molar-refractivity contribution in [2.75, 3.05) is 6.54 Å². The predicted octanol–water partition coefficient (Wildman–Crippen LogP) is 3.53. The highest BCUT2D eigenvalue weighted by Gasteiger charge is 2.18. The van der Waals surface area contributed by atoms with Crippen LogP contribution in [-0.2, 0) is 13.5 Å². The number of aromatic nitrogens is 3. The van der Waals surface area contributed by atoms with Crippen molar-refractivity contribution < 1.29 is 9.21 Å². The summed E-state index contributed by atoms with van der Waals surface area (Å²) in [5, 5.41) is 10.1. The molecule has 0 saturated carbocycles. The maximum Gasteiger partial charge on any atom is 0.255 e. The monoisotopic (exact) mass is 420 g/mol. The summed E-state index contributed by atoms with van der Waals surface area (Å²) in [5.74, 6) is 0.894. The minimum absolute atomic E-state index is 0.147. The zero-order chi connectivity index (χ0) is 21.3. The number of nitrogens with zero attached hydrogens (tertiary/aromatic N) is 2. The van der Waals surface area contributed by atoms with Gasteiger partial charge in [0.1, 0.15) is 11.6 Å². The topological polar surface area (TPSA) is 92.9 Å². The lowest BCUT2D eigenvalue weighted by Gasteiger charge is -2.11. The summed E-state index contributed by atoms with van der Waals surface area (Å²) in [4.78, 5) is 25.8. The van der Waals surface area contributed by atoms with E-state index in [0.717, 1.165) is 11.4 Å². The molecule has 0 aliphatic carbocycles. The largest absolute Gasteiger partial charge is 0.455 e. The Labute approximate surface area is 177 Å². The SMILES string of the molecule is Cc1c(-c2ccccc2)oc2c(C(=O)NCCc3n[nH]c(=S)n3C)cccc2c1=O. The number of carbonyl (C=O) groups excluding carboxylic acids is 1. The van der Waals surface area contributed by atoms with Crippen molar-refractivity contribution in [3.05, 3.63) is 80.5 Å². The van der Waals surface area contributed by atoms with Crippen LogP contribution in [0.1, 0.15) is 21.7 Å². The van der Waals surface area contributed by atoms with Crippen molar-refractivity contribution in [2.45, 2.75) is 13.3 Å². The Hall–Kier alpha value is -3.52. The minimum atomic E-state index is -0.316. The van der Waals surface area contributed by atoms with Crippen LogP contribution in [-0.4, -0.2) is 27.2 Å². The molecule has 4 aromatic rings. The number of rotatable bonds is 5. The van der Waals surface area contributed by atoms with Gasteiger partial charge in [-0.3, -0.25) is 14.7 Å². The zero-order valence-corrected chi connectivity index (χ0v) is 17.4. The van der Waals surface area contributed by atoms with Gasteiger partial charge in [0, 0.05) is 31.1 Å². The summed E-state index contributed by atoms with van der Waals surface area (Å²) in [7, 11) is 1.82. The van der Waals surface area contributed by atoms with E-state index < -0.39 is 0 Å². The fraction of sp³-hybridized carbons (Fsp3) is 0.182. The number of hydrogen-bond donors (Lipinski definition) is 2. The van der Waals surface area contributed by atoms with E-state index in [0.29, 0.717) is 40.0 Å². The second kappa shape index (κ2) is 8.08. The minimum Gasteiger partial charge on any atom is -0.455 e. The van der Waals surface area contributed by atoms with E-state index in [1.54, 1.807) is 29.7 Å². The molecule has 2 heterocycles. The molecule has 0 aliphatic rings. The number of aromatic amines is 1. The summed E-state index contributed by atoms with van der Waals surface area (Å²) in [6.07, 6.45) is 0.512. The van der Waals surface area contributed by atoms with Crippen LogP contribution < -0.4 is 10.7 Å². The van der Waals surface area contributed by atoms with Crippen molar-refractivity contribution in [1.82, 2.24) is 20.1 Å². The van der Waals surface area contributed by atoms with E-state index in [1.807, 2.05) is 37.4 Å². The molecule has 2 N–H and O–H groups in total. The van der Waals surface area contributed by atoms with Crippen molar-refractivity contribution in [1.29, 1.82) is 0 Å². The second-order valence-electron chi connectivity index (χ2n) is 6.94. The van der Waals surface area contributed by atoms with Crippen molar-refractivity contribution in [3.63, 3.8) is 0 Å². The van der Waals surface area contributed by atoms with Crippen molar-refractivity contribution in [3.8, 4) is 11.3 Å². The number of nitrogens with one attached hydrogen (secondary N) is 2. The first-order valence-electron chi connectivity index (χ1n) is 9.47. The van der Waals surface area contributed by atoms with Gasteiger partial charge in [0.15, 0.2) is 15.8 Å². The Kier molecular flexibility index (Phi) is 5.33. The van der Waals surface area contributed by atoms with E-state index in [4.69, 9.17) is 16.6 Å². The number of benzene rings is 2. The summed E-state index contributed by atoms with van der Waals surface area (Å²) >= 11 is 5.10. The molecule has 0 spiro atoms. The van der Waals surface area contributed by atoms with Crippen LogP contribution in [0.2, 0.25) is 0 Å². The molecule has 2 aromatic carbocycles. The van der Waals surface area contributed by atoms with Gasteiger partial charge in [0.2, 0.25) is 0 Å². The molecule has 0 atom stereocenters. The van der Waals surface area contributed by atoms with Crippen LogP contribution in [0.4, 0.5) is 0 Å². The summed E-state index contributed by atoms with van der Waals surface area (Å²) in [5.41, 5.74) is 1.75. The standard InChI is InChI=1S/C22H20N4O3S/c1-13-18(27)15-9-6-10-16(20(15)29-19(13)14-7-4-3-5-8-14)21(28)23-12-11-17-24-25-22(30)26(17)2/h3-10H,11-12H2,1-2H3,(H,23,28)(H,25,30). The Morgan fingerprint density at radius 2 is 1.97 bits per heavy atom. The number of fused-ring (bicyclic) bond motifs is 1. The second-order valence-corrected chi connectivity index (χ2v) is 7.33. The molecular formula is C22H20N4O3S. The van der Waals surface area contributed by atoms with E-state index in [2.05, 4.69) is 15.5 Å². The first kappa shape index (κ1) is 19.8. The van der Waals surface area contributed by atoms with Gasteiger partial charge >= 0.3 is 0 Å². The molecule has 4 rings (SSSR count). The maximum absolute atomic E-state index is 12.9. The molecule has 30 heavy (non-hydrogen) atoms. The van der Waals surface area contributed by atoms with Gasteiger partial charge in [-0.15, -0.1) is 0 Å². The van der Waals surface area contributed by atoms with Crippen LogP contribution >= 0.6 is 12.2 Å². The Morgan fingerprint density at radius 3 is 2.67 bits per heavy atom. The molecule has 0 saturated heterocycles. The fourth-order valence-electron chi connectivity index (χ4n) is 3.34. The van der Waals surface area contributed by atoms with Crippen LogP contribution in [0.5, 0.6) is 0 Å². The number of hydrogen-bond acceptors (Lipinski definition) is 5. The first-order valence-corrected chi connectivity index (χ1v) is 9.88. The molecule has 0 unspecified atom stereocenters. The smallest absolute Gasteiger partial charge is 0.255 e. The van der Waals surface area contributed by atoms with Crippen LogP contribution in [0.25, 0.3) is 22.3 Å². The summed E-state index contributed by atoms with van der Waals surface area (Å²) < 4.78 is 8.38. The lowest BCUT2D eigenvalue weighted by Crippen LogP contribution is -2.27. The molecule has 8 heteroatoms. The van der Waals surface area contributed by atoms with E-state index in [-0.39, 0.29) is 16.9 Å². The first-order chi connectivity index (χ1) is 14.5. The highest BCUT2D eigenvalue weighted by molar-refractivity contribution is 7.71. The molecular weight excluding hydrogens is 400 g/mol. The van der Waals surface area contributed by atoms with E-state index >= 15 is 0 Å². The molecule has 0 radical (unpaired) electrons. The molecule has 152 valence electrons. The number of amides is 1. The van der Waals surface area contributed by atoms with Gasteiger partial charge in [-0.25, -0.2) is 0 Å².